The summed E-state index contributed by atoms with van der Waals surface area (Å²) in [6.45, 7) is 2.30. The summed E-state index contributed by atoms with van der Waals surface area (Å²) in [6.07, 6.45) is -3.48. The first-order valence-electron chi connectivity index (χ1n) is 6.17. The van der Waals surface area contributed by atoms with Gasteiger partial charge >= 0.3 is 6.18 Å². The highest BCUT2D eigenvalue weighted by molar-refractivity contribution is 5.49. The number of benzene rings is 1. The zero-order chi connectivity index (χ0) is 14.0. The van der Waals surface area contributed by atoms with Crippen LogP contribution in [0, 0.1) is 0 Å². The topological polar surface area (TPSA) is 23.5 Å². The zero-order valence-electron chi connectivity index (χ0n) is 10.6. The molecule has 1 aromatic rings. The lowest BCUT2D eigenvalue weighted by Gasteiger charge is -2.29. The fourth-order valence-electron chi connectivity index (χ4n) is 2.12. The van der Waals surface area contributed by atoms with Crippen LogP contribution in [-0.2, 0) is 0 Å². The average Bonchev–Trinajstić information content (AvgIpc) is 2.38. The summed E-state index contributed by atoms with van der Waals surface area (Å²) in [5, 5.41) is 9.40. The number of anilines is 1. The van der Waals surface area contributed by atoms with Gasteiger partial charge in [0.1, 0.15) is 0 Å². The molecule has 1 heterocycles. The minimum absolute atomic E-state index is 0.0155. The Balaban J connectivity index is 2.07. The van der Waals surface area contributed by atoms with Crippen LogP contribution in [0.1, 0.15) is 25.0 Å². The van der Waals surface area contributed by atoms with Crippen molar-refractivity contribution in [3.63, 3.8) is 0 Å². The summed E-state index contributed by atoms with van der Waals surface area (Å²) in [6, 6.07) is 7.24. The second-order valence-corrected chi connectivity index (χ2v) is 4.69. The van der Waals surface area contributed by atoms with E-state index >= 15 is 0 Å². The van der Waals surface area contributed by atoms with Gasteiger partial charge in [0.25, 0.3) is 0 Å². The molecule has 0 saturated heterocycles. The summed E-state index contributed by atoms with van der Waals surface area (Å²) in [7, 11) is 0. The maximum atomic E-state index is 12.5. The van der Waals surface area contributed by atoms with Gasteiger partial charge in [-0.25, -0.2) is 0 Å². The van der Waals surface area contributed by atoms with Gasteiger partial charge in [-0.3, -0.25) is 0 Å². The first kappa shape index (κ1) is 13.9. The van der Waals surface area contributed by atoms with Crippen LogP contribution >= 0.6 is 0 Å². The number of nitrogens with zero attached hydrogens (tertiary/aromatic N) is 1. The van der Waals surface area contributed by atoms with Crippen LogP contribution in [0.3, 0.4) is 0 Å². The van der Waals surface area contributed by atoms with Crippen molar-refractivity contribution in [2.45, 2.75) is 25.6 Å². The lowest BCUT2D eigenvalue weighted by Crippen LogP contribution is -2.31. The lowest BCUT2D eigenvalue weighted by atomic mass is 10.1. The highest BCUT2D eigenvalue weighted by Crippen LogP contribution is 2.31. The smallest absolute Gasteiger partial charge is 0.389 e. The van der Waals surface area contributed by atoms with Crippen molar-refractivity contribution in [2.24, 2.45) is 0 Å². The minimum atomic E-state index is -4.21. The third-order valence-corrected chi connectivity index (χ3v) is 3.31. The van der Waals surface area contributed by atoms with E-state index in [-0.39, 0.29) is 13.0 Å². The van der Waals surface area contributed by atoms with E-state index in [0.29, 0.717) is 6.54 Å². The van der Waals surface area contributed by atoms with Gasteiger partial charge in [-0.05, 0) is 31.0 Å². The van der Waals surface area contributed by atoms with E-state index in [1.165, 1.54) is 6.08 Å². The van der Waals surface area contributed by atoms with Crippen molar-refractivity contribution in [3.8, 4) is 0 Å². The second-order valence-electron chi connectivity index (χ2n) is 4.69. The van der Waals surface area contributed by atoms with Crippen LogP contribution in [-0.4, -0.2) is 24.4 Å². The van der Waals surface area contributed by atoms with Crippen molar-refractivity contribution in [1.82, 2.24) is 0 Å². The van der Waals surface area contributed by atoms with Crippen molar-refractivity contribution < 1.29 is 18.3 Å². The molecule has 5 heteroatoms. The molecular weight excluding hydrogens is 255 g/mol. The van der Waals surface area contributed by atoms with E-state index in [9.17, 15) is 18.3 Å². The maximum absolute atomic E-state index is 12.5. The van der Waals surface area contributed by atoms with Gasteiger partial charge in [-0.2, -0.15) is 13.2 Å². The summed E-state index contributed by atoms with van der Waals surface area (Å²) < 4.78 is 37.5. The summed E-state index contributed by atoms with van der Waals surface area (Å²) in [4.78, 5) is 1.89. The molecule has 1 aromatic carbocycles. The maximum Gasteiger partial charge on any atom is 0.412 e. The molecule has 1 atom stereocenters. The molecule has 19 heavy (non-hydrogen) atoms. The van der Waals surface area contributed by atoms with Crippen molar-refractivity contribution >= 4 is 5.69 Å². The third-order valence-electron chi connectivity index (χ3n) is 3.31. The molecule has 0 radical (unpaired) electrons. The van der Waals surface area contributed by atoms with Crippen LogP contribution in [0.5, 0.6) is 0 Å². The molecule has 0 aromatic heterocycles. The Kier molecular flexibility index (Phi) is 3.85. The third kappa shape index (κ3) is 3.29. The van der Waals surface area contributed by atoms with Crippen molar-refractivity contribution in [3.05, 3.63) is 41.5 Å². The zero-order valence-corrected chi connectivity index (χ0v) is 10.6. The standard InChI is InChI=1S/C14H16F3NO/c1-10(19)11-2-4-13(5-3-11)18-8-6-12(7-9-18)14(15,16)17/h2-6,10,19H,7-9H2,1H3/t10-/m1/s1. The van der Waals surface area contributed by atoms with E-state index in [1.807, 2.05) is 17.0 Å². The number of alkyl halides is 3. The Morgan fingerprint density at radius 2 is 1.84 bits per heavy atom. The van der Waals surface area contributed by atoms with Crippen LogP contribution in [0.2, 0.25) is 0 Å². The molecule has 2 rings (SSSR count). The highest BCUT2D eigenvalue weighted by Gasteiger charge is 2.34. The van der Waals surface area contributed by atoms with Gasteiger partial charge in [0.15, 0.2) is 0 Å². The molecule has 0 saturated carbocycles. The largest absolute Gasteiger partial charge is 0.412 e. The number of hydrogen-bond donors (Lipinski definition) is 1. The predicted molar refractivity (Wildman–Crippen MR) is 68.0 cm³/mol. The van der Waals surface area contributed by atoms with Crippen molar-refractivity contribution in [2.75, 3.05) is 18.0 Å². The molecule has 1 aliphatic rings. The molecule has 0 amide bonds. The van der Waals surface area contributed by atoms with Crippen LogP contribution in [0.15, 0.2) is 35.9 Å². The van der Waals surface area contributed by atoms with Gasteiger partial charge in [0.05, 0.1) is 6.10 Å². The molecule has 2 nitrogen and oxygen atoms in total. The normalized spacial score (nSPS) is 18.2. The Morgan fingerprint density at radius 1 is 1.21 bits per heavy atom. The lowest BCUT2D eigenvalue weighted by molar-refractivity contribution is -0.0943. The molecule has 104 valence electrons. The first-order chi connectivity index (χ1) is 8.88. The second kappa shape index (κ2) is 5.25. The Bertz CT molecular complexity index is 463. The van der Waals surface area contributed by atoms with E-state index in [2.05, 4.69) is 0 Å². The summed E-state index contributed by atoms with van der Waals surface area (Å²) >= 11 is 0. The number of hydrogen-bond acceptors (Lipinski definition) is 2. The van der Waals surface area contributed by atoms with E-state index in [1.54, 1.807) is 19.1 Å². The van der Waals surface area contributed by atoms with Gasteiger partial charge in [0.2, 0.25) is 0 Å². The van der Waals surface area contributed by atoms with E-state index < -0.39 is 17.9 Å². The van der Waals surface area contributed by atoms with Crippen molar-refractivity contribution in [1.29, 1.82) is 0 Å². The monoisotopic (exact) mass is 271 g/mol. The SMILES string of the molecule is C[C@@H](O)c1ccc(N2CC=C(C(F)(F)F)CC2)cc1. The van der Waals surface area contributed by atoms with Crippen LogP contribution < -0.4 is 4.90 Å². The number of aliphatic hydroxyl groups is 1. The molecule has 1 N–H and O–H groups in total. The van der Waals surface area contributed by atoms with Crippen LogP contribution in [0.4, 0.5) is 18.9 Å². The Labute approximate surface area is 110 Å². The van der Waals surface area contributed by atoms with Crippen LogP contribution in [0.25, 0.3) is 0 Å². The average molecular weight is 271 g/mol. The number of halogens is 3. The number of rotatable bonds is 2. The van der Waals surface area contributed by atoms with Gasteiger partial charge in [-0.1, -0.05) is 18.2 Å². The highest BCUT2D eigenvalue weighted by atomic mass is 19.4. The molecule has 0 bridgehead atoms. The van der Waals surface area contributed by atoms with E-state index in [4.69, 9.17) is 0 Å². The molecule has 0 fully saturated rings. The van der Waals surface area contributed by atoms with Gasteiger partial charge in [-0.15, -0.1) is 0 Å². The Hall–Kier alpha value is -1.49. The number of aliphatic hydroxyl groups excluding tert-OH is 1. The quantitative estimate of drug-likeness (QED) is 0.833. The van der Waals surface area contributed by atoms with E-state index in [0.717, 1.165) is 11.3 Å². The summed E-state index contributed by atoms with van der Waals surface area (Å²) in [5.74, 6) is 0. The molecule has 0 spiro atoms. The predicted octanol–water partition coefficient (Wildman–Crippen LogP) is 3.44. The molecule has 1 aliphatic heterocycles. The Morgan fingerprint density at radius 3 is 2.26 bits per heavy atom. The summed E-state index contributed by atoms with van der Waals surface area (Å²) in [5.41, 5.74) is 1.23. The molecular formula is C14H16F3NO. The minimum Gasteiger partial charge on any atom is -0.389 e. The molecule has 0 unspecified atom stereocenters. The first-order valence-corrected chi connectivity index (χ1v) is 6.17. The molecule has 0 aliphatic carbocycles. The van der Waals surface area contributed by atoms with Gasteiger partial charge in [0, 0.05) is 24.4 Å². The fraction of sp³-hybridized carbons (Fsp3) is 0.429. The fourth-order valence-corrected chi connectivity index (χ4v) is 2.12. The van der Waals surface area contributed by atoms with Gasteiger partial charge < -0.3 is 10.0 Å².